The Morgan fingerprint density at radius 1 is 0.900 bits per heavy atom. The molecule has 1 N–H and O–H groups in total. The van der Waals surface area contributed by atoms with E-state index in [0.29, 0.717) is 0 Å². The molecule has 6 heteroatoms. The number of anilines is 3. The van der Waals surface area contributed by atoms with Crippen molar-refractivity contribution in [2.24, 2.45) is 7.05 Å². The van der Waals surface area contributed by atoms with Crippen LogP contribution in [0.2, 0.25) is 0 Å². The highest BCUT2D eigenvalue weighted by atomic mass is 16.2. The lowest BCUT2D eigenvalue weighted by atomic mass is 10.2. The average molecular weight is 398 g/mol. The topological polar surface area (TPSA) is 59.3 Å². The molecule has 0 bridgehead atoms. The van der Waals surface area contributed by atoms with Crippen LogP contribution in [0.15, 0.2) is 77.6 Å². The number of aromatic nitrogens is 2. The van der Waals surface area contributed by atoms with E-state index in [9.17, 15) is 9.59 Å². The van der Waals surface area contributed by atoms with Gasteiger partial charge in [-0.15, -0.1) is 0 Å². The van der Waals surface area contributed by atoms with Crippen LogP contribution in [-0.2, 0) is 24.8 Å². The summed E-state index contributed by atoms with van der Waals surface area (Å²) >= 11 is 0. The first kappa shape index (κ1) is 18.2. The van der Waals surface area contributed by atoms with Crippen molar-refractivity contribution in [2.75, 3.05) is 16.8 Å². The number of nitrogens with zero attached hydrogens (tertiary/aromatic N) is 3. The first-order valence-electron chi connectivity index (χ1n) is 10.0. The second-order valence-corrected chi connectivity index (χ2v) is 7.51. The summed E-state index contributed by atoms with van der Waals surface area (Å²) in [7, 11) is 1.72. The van der Waals surface area contributed by atoms with E-state index in [-0.39, 0.29) is 18.1 Å². The fourth-order valence-corrected chi connectivity index (χ4v) is 4.25. The predicted molar refractivity (Wildman–Crippen MR) is 119 cm³/mol. The van der Waals surface area contributed by atoms with Gasteiger partial charge in [0.05, 0.1) is 22.4 Å². The van der Waals surface area contributed by atoms with Crippen LogP contribution < -0.4 is 15.9 Å². The number of nitrogens with one attached hydrogen (secondary N) is 1. The van der Waals surface area contributed by atoms with E-state index in [1.54, 1.807) is 11.6 Å². The van der Waals surface area contributed by atoms with Crippen LogP contribution in [0.1, 0.15) is 5.56 Å². The number of aryl methyl sites for hydroxylation is 1. The Bertz CT molecular complexity index is 1320. The fourth-order valence-electron chi connectivity index (χ4n) is 4.25. The number of benzene rings is 3. The lowest BCUT2D eigenvalue weighted by Gasteiger charge is -2.23. The molecule has 1 aromatic heterocycles. The number of hydrogen-bond acceptors (Lipinski definition) is 3. The van der Waals surface area contributed by atoms with Gasteiger partial charge >= 0.3 is 5.69 Å². The highest BCUT2D eigenvalue weighted by Crippen LogP contribution is 2.38. The first-order chi connectivity index (χ1) is 14.6. The van der Waals surface area contributed by atoms with E-state index < -0.39 is 0 Å². The highest BCUT2D eigenvalue weighted by Gasteiger charge is 2.22. The van der Waals surface area contributed by atoms with Crippen molar-refractivity contribution in [2.45, 2.75) is 13.0 Å². The highest BCUT2D eigenvalue weighted by molar-refractivity contribution is 5.96. The second kappa shape index (κ2) is 7.22. The van der Waals surface area contributed by atoms with Crippen molar-refractivity contribution in [3.05, 3.63) is 88.8 Å². The molecule has 0 spiro atoms. The Labute approximate surface area is 174 Å². The molecule has 2 heterocycles. The van der Waals surface area contributed by atoms with Gasteiger partial charge in [-0.2, -0.15) is 0 Å². The van der Waals surface area contributed by atoms with E-state index in [4.69, 9.17) is 0 Å². The molecule has 0 saturated heterocycles. The number of fused-ring (bicyclic) bond motifs is 2. The molecule has 0 fully saturated rings. The van der Waals surface area contributed by atoms with Crippen molar-refractivity contribution in [3.8, 4) is 0 Å². The quantitative estimate of drug-likeness (QED) is 0.571. The molecule has 1 aliphatic rings. The van der Waals surface area contributed by atoms with Crippen molar-refractivity contribution < 1.29 is 4.79 Å². The third-order valence-corrected chi connectivity index (χ3v) is 5.71. The third-order valence-electron chi connectivity index (χ3n) is 5.71. The molecule has 0 aliphatic carbocycles. The maximum absolute atomic E-state index is 12.9. The summed E-state index contributed by atoms with van der Waals surface area (Å²) in [5.41, 5.74) is 5.54. The van der Waals surface area contributed by atoms with Crippen LogP contribution in [0.5, 0.6) is 0 Å². The van der Waals surface area contributed by atoms with Gasteiger partial charge in [0.25, 0.3) is 0 Å². The lowest BCUT2D eigenvalue weighted by Crippen LogP contribution is -2.28. The van der Waals surface area contributed by atoms with E-state index in [1.165, 1.54) is 15.8 Å². The largest absolute Gasteiger partial charge is 0.339 e. The summed E-state index contributed by atoms with van der Waals surface area (Å²) in [5, 5.41) is 3.02. The molecule has 1 aliphatic heterocycles. The molecular formula is C24H22N4O2. The minimum Gasteiger partial charge on any atom is -0.339 e. The molecule has 0 unspecified atom stereocenters. The molecule has 150 valence electrons. The van der Waals surface area contributed by atoms with Crippen LogP contribution >= 0.6 is 0 Å². The van der Waals surface area contributed by atoms with Gasteiger partial charge in [0.1, 0.15) is 6.54 Å². The zero-order chi connectivity index (χ0) is 20.7. The molecule has 30 heavy (non-hydrogen) atoms. The Morgan fingerprint density at radius 3 is 2.40 bits per heavy atom. The molecule has 0 saturated carbocycles. The third kappa shape index (κ3) is 2.97. The average Bonchev–Trinajstić information content (AvgIpc) is 3.30. The summed E-state index contributed by atoms with van der Waals surface area (Å²) < 4.78 is 3.08. The molecule has 6 nitrogen and oxygen atoms in total. The number of para-hydroxylation sites is 5. The van der Waals surface area contributed by atoms with Crippen LogP contribution in [0.3, 0.4) is 0 Å². The Morgan fingerprint density at radius 2 is 1.57 bits per heavy atom. The van der Waals surface area contributed by atoms with E-state index in [1.807, 2.05) is 54.6 Å². The maximum atomic E-state index is 12.9. The molecular weight excluding hydrogens is 376 g/mol. The van der Waals surface area contributed by atoms with Gasteiger partial charge in [0.2, 0.25) is 5.91 Å². The molecule has 3 aromatic carbocycles. The first-order valence-corrected chi connectivity index (χ1v) is 10.0. The Balaban J connectivity index is 1.44. The standard InChI is InChI=1S/C24H22N4O2/c1-26-21-12-6-7-13-22(21)28(24(26)30)16-23(29)25-18-9-3-5-11-20(18)27-15-14-17-8-2-4-10-19(17)27/h2-13H,14-16H2,1H3,(H,25,29). The summed E-state index contributed by atoms with van der Waals surface area (Å²) in [6, 6.07) is 23.6. The lowest BCUT2D eigenvalue weighted by molar-refractivity contribution is -0.116. The predicted octanol–water partition coefficient (Wildman–Crippen LogP) is 3.67. The SMILES string of the molecule is Cn1c(=O)n(CC(=O)Nc2ccccc2N2CCc3ccccc32)c2ccccc21. The summed E-state index contributed by atoms with van der Waals surface area (Å²) in [6.07, 6.45) is 0.976. The van der Waals surface area contributed by atoms with E-state index in [0.717, 1.165) is 35.4 Å². The number of imidazole rings is 1. The van der Waals surface area contributed by atoms with Gasteiger partial charge in [0.15, 0.2) is 0 Å². The van der Waals surface area contributed by atoms with E-state index in [2.05, 4.69) is 28.4 Å². The molecule has 4 aromatic rings. The minimum atomic E-state index is -0.228. The Hall–Kier alpha value is -3.80. The van der Waals surface area contributed by atoms with Gasteiger partial charge in [-0.1, -0.05) is 42.5 Å². The number of carbonyl (C=O) groups excluding carboxylic acids is 1. The van der Waals surface area contributed by atoms with Gasteiger partial charge < -0.3 is 10.2 Å². The smallest absolute Gasteiger partial charge is 0.329 e. The monoisotopic (exact) mass is 398 g/mol. The number of carbonyl (C=O) groups is 1. The maximum Gasteiger partial charge on any atom is 0.329 e. The second-order valence-electron chi connectivity index (χ2n) is 7.51. The van der Waals surface area contributed by atoms with Crippen LogP contribution in [-0.4, -0.2) is 21.6 Å². The number of amides is 1. The van der Waals surface area contributed by atoms with E-state index >= 15 is 0 Å². The van der Waals surface area contributed by atoms with Gasteiger partial charge in [-0.05, 0) is 42.3 Å². The van der Waals surface area contributed by atoms with Crippen LogP contribution in [0.4, 0.5) is 17.1 Å². The number of rotatable bonds is 4. The van der Waals surface area contributed by atoms with Crippen LogP contribution in [0, 0.1) is 0 Å². The minimum absolute atomic E-state index is 0.0366. The van der Waals surface area contributed by atoms with Crippen LogP contribution in [0.25, 0.3) is 11.0 Å². The zero-order valence-electron chi connectivity index (χ0n) is 16.7. The molecule has 1 amide bonds. The molecule has 5 rings (SSSR count). The molecule has 0 atom stereocenters. The van der Waals surface area contributed by atoms with Gasteiger partial charge in [0, 0.05) is 19.3 Å². The zero-order valence-corrected chi connectivity index (χ0v) is 16.7. The van der Waals surface area contributed by atoms with Gasteiger partial charge in [-0.25, -0.2) is 4.79 Å². The number of hydrogen-bond donors (Lipinski definition) is 1. The molecule has 0 radical (unpaired) electrons. The fraction of sp³-hybridized carbons (Fsp3) is 0.167. The summed E-state index contributed by atoms with van der Waals surface area (Å²) in [5.74, 6) is -0.228. The van der Waals surface area contributed by atoms with Crippen molar-refractivity contribution in [1.82, 2.24) is 9.13 Å². The van der Waals surface area contributed by atoms with Crippen molar-refractivity contribution >= 4 is 34.0 Å². The Kier molecular flexibility index (Phi) is 4.39. The summed E-state index contributed by atoms with van der Waals surface area (Å²) in [6.45, 7) is 0.833. The summed E-state index contributed by atoms with van der Waals surface area (Å²) in [4.78, 5) is 27.8. The van der Waals surface area contributed by atoms with Crippen molar-refractivity contribution in [1.29, 1.82) is 0 Å². The van der Waals surface area contributed by atoms with Crippen molar-refractivity contribution in [3.63, 3.8) is 0 Å². The van der Waals surface area contributed by atoms with Gasteiger partial charge in [-0.3, -0.25) is 13.9 Å². The normalized spacial score (nSPS) is 12.9.